The first-order valence-corrected chi connectivity index (χ1v) is 7.83. The average Bonchev–Trinajstić information content (AvgIpc) is 2.96. The average molecular weight is 272 g/mol. The lowest BCUT2D eigenvalue weighted by molar-refractivity contribution is 0.257. The van der Waals surface area contributed by atoms with Crippen molar-refractivity contribution in [1.82, 2.24) is 14.9 Å². The fourth-order valence-corrected chi connectivity index (χ4v) is 3.11. The lowest BCUT2D eigenvalue weighted by Crippen LogP contribution is -2.31. The molecule has 0 radical (unpaired) electrons. The van der Waals surface area contributed by atoms with Crippen molar-refractivity contribution < 1.29 is 0 Å². The molecule has 1 aromatic rings. The predicted octanol–water partition coefficient (Wildman–Crippen LogP) is 2.62. The van der Waals surface area contributed by atoms with Crippen molar-refractivity contribution in [2.45, 2.75) is 45.2 Å². The van der Waals surface area contributed by atoms with Crippen LogP contribution in [0.15, 0.2) is 24.5 Å². The Kier molecular flexibility index (Phi) is 4.31. The Labute approximate surface area is 121 Å². The Morgan fingerprint density at radius 3 is 2.60 bits per heavy atom. The Hall–Kier alpha value is -1.42. The lowest BCUT2D eigenvalue weighted by Gasteiger charge is -2.27. The molecule has 3 heterocycles. The summed E-state index contributed by atoms with van der Waals surface area (Å²) in [6, 6.07) is 0.580. The normalized spacial score (nSPS) is 23.4. The topological polar surface area (TPSA) is 32.3 Å². The molecule has 0 spiro atoms. The van der Waals surface area contributed by atoms with Crippen LogP contribution in [-0.4, -0.2) is 40.5 Å². The second-order valence-corrected chi connectivity index (χ2v) is 5.77. The van der Waals surface area contributed by atoms with Crippen molar-refractivity contribution in [1.29, 1.82) is 0 Å². The van der Waals surface area contributed by atoms with Crippen LogP contribution in [0.4, 0.5) is 5.95 Å². The maximum atomic E-state index is 4.56. The minimum absolute atomic E-state index is 0.580. The van der Waals surface area contributed by atoms with E-state index in [1.165, 1.54) is 31.2 Å². The number of nitrogens with zero attached hydrogens (tertiary/aromatic N) is 4. The minimum atomic E-state index is 0.580. The number of rotatable bonds is 4. The monoisotopic (exact) mass is 272 g/mol. The van der Waals surface area contributed by atoms with Gasteiger partial charge in [-0.15, -0.1) is 0 Å². The second kappa shape index (κ2) is 6.35. The van der Waals surface area contributed by atoms with Gasteiger partial charge in [-0.1, -0.05) is 19.1 Å². The van der Waals surface area contributed by atoms with Gasteiger partial charge in [0.15, 0.2) is 0 Å². The molecule has 0 N–H and O–H groups in total. The van der Waals surface area contributed by atoms with Crippen molar-refractivity contribution >= 4 is 5.95 Å². The zero-order valence-corrected chi connectivity index (χ0v) is 12.3. The van der Waals surface area contributed by atoms with Crippen LogP contribution in [0, 0.1) is 0 Å². The highest BCUT2D eigenvalue weighted by Gasteiger charge is 2.18. The molecule has 0 bridgehead atoms. The molecule has 20 heavy (non-hydrogen) atoms. The Bertz CT molecular complexity index is 448. The van der Waals surface area contributed by atoms with Crippen LogP contribution in [0.3, 0.4) is 0 Å². The third-order valence-corrected chi connectivity index (χ3v) is 4.30. The van der Waals surface area contributed by atoms with Crippen molar-refractivity contribution in [2.75, 3.05) is 24.5 Å². The molecule has 4 nitrogen and oxygen atoms in total. The van der Waals surface area contributed by atoms with E-state index >= 15 is 0 Å². The molecular formula is C16H24N4. The van der Waals surface area contributed by atoms with Gasteiger partial charge in [-0.25, -0.2) is 9.97 Å². The van der Waals surface area contributed by atoms with Crippen LogP contribution in [0.25, 0.3) is 0 Å². The van der Waals surface area contributed by atoms with Gasteiger partial charge < -0.3 is 4.90 Å². The van der Waals surface area contributed by atoms with Gasteiger partial charge in [-0.3, -0.25) is 4.90 Å². The van der Waals surface area contributed by atoms with Gasteiger partial charge in [0.25, 0.3) is 0 Å². The molecule has 0 saturated carbocycles. The predicted molar refractivity (Wildman–Crippen MR) is 81.7 cm³/mol. The van der Waals surface area contributed by atoms with Crippen LogP contribution in [-0.2, 0) is 6.54 Å². The number of anilines is 1. The highest BCUT2D eigenvalue weighted by Crippen LogP contribution is 2.18. The molecule has 2 aliphatic rings. The van der Waals surface area contributed by atoms with Gasteiger partial charge in [0, 0.05) is 50.2 Å². The van der Waals surface area contributed by atoms with E-state index in [4.69, 9.17) is 0 Å². The largest absolute Gasteiger partial charge is 0.341 e. The van der Waals surface area contributed by atoms with E-state index < -0.39 is 0 Å². The van der Waals surface area contributed by atoms with Crippen LogP contribution in [0.2, 0.25) is 0 Å². The zero-order valence-electron chi connectivity index (χ0n) is 12.3. The molecule has 1 unspecified atom stereocenters. The minimum Gasteiger partial charge on any atom is -0.341 e. The number of hydrogen-bond acceptors (Lipinski definition) is 4. The Balaban J connectivity index is 1.61. The number of piperidine rings is 1. The van der Waals surface area contributed by atoms with Gasteiger partial charge >= 0.3 is 0 Å². The van der Waals surface area contributed by atoms with E-state index in [9.17, 15) is 0 Å². The van der Waals surface area contributed by atoms with E-state index in [2.05, 4.69) is 38.8 Å². The fraction of sp³-hybridized carbons (Fsp3) is 0.625. The first-order chi connectivity index (χ1) is 9.86. The van der Waals surface area contributed by atoms with Crippen molar-refractivity contribution in [3.8, 4) is 0 Å². The molecule has 3 rings (SSSR count). The third-order valence-electron chi connectivity index (χ3n) is 4.30. The lowest BCUT2D eigenvalue weighted by atomic mass is 10.1. The first-order valence-electron chi connectivity index (χ1n) is 7.83. The zero-order chi connectivity index (χ0) is 13.8. The van der Waals surface area contributed by atoms with E-state index in [0.29, 0.717) is 6.04 Å². The summed E-state index contributed by atoms with van der Waals surface area (Å²) in [4.78, 5) is 13.9. The molecule has 2 aliphatic heterocycles. The highest BCUT2D eigenvalue weighted by molar-refractivity contribution is 5.30. The quantitative estimate of drug-likeness (QED) is 0.789. The molecule has 1 atom stereocenters. The fourth-order valence-electron chi connectivity index (χ4n) is 3.11. The van der Waals surface area contributed by atoms with Crippen LogP contribution < -0.4 is 4.90 Å². The van der Waals surface area contributed by atoms with Gasteiger partial charge in [-0.2, -0.15) is 0 Å². The summed E-state index contributed by atoms with van der Waals surface area (Å²) in [6.07, 6.45) is 13.6. The summed E-state index contributed by atoms with van der Waals surface area (Å²) in [5.41, 5.74) is 1.22. The summed E-state index contributed by atoms with van der Waals surface area (Å²) >= 11 is 0. The first kappa shape index (κ1) is 13.6. The molecule has 1 aromatic heterocycles. The molecule has 4 heteroatoms. The Morgan fingerprint density at radius 2 is 1.90 bits per heavy atom. The molecular weight excluding hydrogens is 248 g/mol. The van der Waals surface area contributed by atoms with Gasteiger partial charge in [0.05, 0.1) is 0 Å². The maximum absolute atomic E-state index is 4.56. The Morgan fingerprint density at radius 1 is 1.15 bits per heavy atom. The number of aromatic nitrogens is 2. The van der Waals surface area contributed by atoms with Gasteiger partial charge in [0.2, 0.25) is 5.95 Å². The summed E-state index contributed by atoms with van der Waals surface area (Å²) in [6.45, 7) is 6.45. The molecule has 0 aliphatic carbocycles. The number of hydrogen-bond donors (Lipinski definition) is 0. The van der Waals surface area contributed by atoms with Crippen molar-refractivity contribution in [3.63, 3.8) is 0 Å². The van der Waals surface area contributed by atoms with E-state index in [-0.39, 0.29) is 0 Å². The third kappa shape index (κ3) is 3.01. The SMILES string of the molecule is CCC1C=CCN1Cc1cnc(N2CCCCC2)nc1. The molecule has 1 saturated heterocycles. The summed E-state index contributed by atoms with van der Waals surface area (Å²) in [5, 5.41) is 0. The van der Waals surface area contributed by atoms with E-state index in [1.54, 1.807) is 0 Å². The maximum Gasteiger partial charge on any atom is 0.225 e. The molecule has 0 aromatic carbocycles. The smallest absolute Gasteiger partial charge is 0.225 e. The summed E-state index contributed by atoms with van der Waals surface area (Å²) in [7, 11) is 0. The second-order valence-electron chi connectivity index (χ2n) is 5.77. The molecule has 0 amide bonds. The van der Waals surface area contributed by atoms with Crippen molar-refractivity contribution in [2.24, 2.45) is 0 Å². The van der Waals surface area contributed by atoms with Gasteiger partial charge in [0.1, 0.15) is 0 Å². The van der Waals surface area contributed by atoms with E-state index in [0.717, 1.165) is 32.1 Å². The van der Waals surface area contributed by atoms with Gasteiger partial charge in [-0.05, 0) is 25.7 Å². The van der Waals surface area contributed by atoms with Crippen molar-refractivity contribution in [3.05, 3.63) is 30.1 Å². The highest BCUT2D eigenvalue weighted by atomic mass is 15.2. The van der Waals surface area contributed by atoms with E-state index in [1.807, 2.05) is 12.4 Å². The molecule has 108 valence electrons. The van der Waals surface area contributed by atoms with Crippen LogP contribution in [0.1, 0.15) is 38.2 Å². The summed E-state index contributed by atoms with van der Waals surface area (Å²) in [5.74, 6) is 0.903. The van der Waals surface area contributed by atoms with Crippen LogP contribution in [0.5, 0.6) is 0 Å². The summed E-state index contributed by atoms with van der Waals surface area (Å²) < 4.78 is 0. The standard InChI is InChI=1S/C16H24N4/c1-2-15-7-6-10-20(15)13-14-11-17-16(18-12-14)19-8-4-3-5-9-19/h6-7,11-12,15H,2-5,8-10,13H2,1H3. The molecule has 1 fully saturated rings. The van der Waals surface area contributed by atoms with Crippen LogP contribution >= 0.6 is 0 Å².